The molecule has 0 fully saturated rings. The average molecular weight is 155 g/mol. The van der Waals surface area contributed by atoms with Gasteiger partial charge in [0.1, 0.15) is 0 Å². The molecule has 0 saturated carbocycles. The molecule has 56 valence electrons. The van der Waals surface area contributed by atoms with E-state index in [0.29, 0.717) is 0 Å². The normalized spacial score (nSPS) is 11.8. The Labute approximate surface area is 53.5 Å². The van der Waals surface area contributed by atoms with Crippen molar-refractivity contribution in [2.24, 2.45) is 5.90 Å². The Kier molecular flexibility index (Phi) is 3.71. The third-order valence-corrected chi connectivity index (χ3v) is 1.78. The highest BCUT2D eigenvalue weighted by atomic mass is 32.2. The lowest BCUT2D eigenvalue weighted by Crippen LogP contribution is -2.15. The van der Waals surface area contributed by atoms with E-state index in [1.54, 1.807) is 0 Å². The minimum absolute atomic E-state index is 0.152. The van der Waals surface area contributed by atoms with Crippen LogP contribution < -0.4 is 5.90 Å². The van der Waals surface area contributed by atoms with Gasteiger partial charge in [0.05, 0.1) is 5.75 Å². The zero-order valence-electron chi connectivity index (χ0n) is 4.78. The second-order valence-corrected chi connectivity index (χ2v) is 3.15. The topological polar surface area (TPSA) is 89.6 Å². The lowest BCUT2D eigenvalue weighted by molar-refractivity contribution is 0.288. The monoisotopic (exact) mass is 155 g/mol. The molecule has 3 N–H and O–H groups in total. The van der Waals surface area contributed by atoms with Crippen LogP contribution >= 0.6 is 0 Å². The van der Waals surface area contributed by atoms with E-state index >= 15 is 0 Å². The van der Waals surface area contributed by atoms with Gasteiger partial charge in [0.25, 0.3) is 10.1 Å². The van der Waals surface area contributed by atoms with Crippen LogP contribution in [0.4, 0.5) is 0 Å². The van der Waals surface area contributed by atoms with Crippen LogP contribution in [-0.4, -0.2) is 25.9 Å². The van der Waals surface area contributed by atoms with Crippen molar-refractivity contribution >= 4 is 10.1 Å². The van der Waals surface area contributed by atoms with E-state index in [0.717, 1.165) is 0 Å². The van der Waals surface area contributed by atoms with E-state index in [9.17, 15) is 8.42 Å². The van der Waals surface area contributed by atoms with Gasteiger partial charge in [0, 0.05) is 6.61 Å². The summed E-state index contributed by atoms with van der Waals surface area (Å²) in [6, 6.07) is 0. The van der Waals surface area contributed by atoms with Crippen LogP contribution in [0.2, 0.25) is 0 Å². The largest absolute Gasteiger partial charge is 0.396 e. The summed E-state index contributed by atoms with van der Waals surface area (Å²) in [7, 11) is -3.56. The smallest absolute Gasteiger partial charge is 0.283 e. The van der Waals surface area contributed by atoms with Crippen molar-refractivity contribution in [2.45, 2.75) is 6.42 Å². The molecule has 0 rings (SSSR count). The number of hydrogen-bond acceptors (Lipinski definition) is 5. The molecule has 6 heteroatoms. The van der Waals surface area contributed by atoms with Gasteiger partial charge in [-0.2, -0.15) is 18.6 Å². The number of aliphatic hydroxyl groups excluding tert-OH is 1. The van der Waals surface area contributed by atoms with Gasteiger partial charge in [-0.15, -0.1) is 0 Å². The van der Waals surface area contributed by atoms with Gasteiger partial charge in [-0.05, 0) is 6.42 Å². The maximum absolute atomic E-state index is 10.3. The second-order valence-electron chi connectivity index (χ2n) is 1.44. The molecule has 0 aromatic rings. The molecule has 0 aliphatic carbocycles. The molecule has 0 aliphatic rings. The van der Waals surface area contributed by atoms with Crippen LogP contribution in [0.15, 0.2) is 0 Å². The maximum atomic E-state index is 10.3. The Morgan fingerprint density at radius 2 is 2.11 bits per heavy atom. The van der Waals surface area contributed by atoms with Crippen LogP contribution in [-0.2, 0) is 14.4 Å². The Balaban J connectivity index is 3.61. The number of aliphatic hydroxyl groups is 1. The van der Waals surface area contributed by atoms with Crippen molar-refractivity contribution < 1.29 is 17.8 Å². The third-order valence-electron chi connectivity index (χ3n) is 0.699. The number of hydrogen-bond donors (Lipinski definition) is 2. The van der Waals surface area contributed by atoms with Crippen molar-refractivity contribution in [1.29, 1.82) is 0 Å². The van der Waals surface area contributed by atoms with Crippen LogP contribution in [0.1, 0.15) is 6.42 Å². The summed E-state index contributed by atoms with van der Waals surface area (Å²) < 4.78 is 24.2. The molecule has 0 amide bonds. The second kappa shape index (κ2) is 3.78. The van der Waals surface area contributed by atoms with Crippen LogP contribution in [0, 0.1) is 0 Å². The van der Waals surface area contributed by atoms with Crippen LogP contribution in [0.25, 0.3) is 0 Å². The highest BCUT2D eigenvalue weighted by molar-refractivity contribution is 7.86. The van der Waals surface area contributed by atoms with E-state index in [2.05, 4.69) is 10.2 Å². The summed E-state index contributed by atoms with van der Waals surface area (Å²) in [4.78, 5) is 0. The molecule has 5 nitrogen and oxygen atoms in total. The summed E-state index contributed by atoms with van der Waals surface area (Å²) in [5, 5.41) is 8.16. The standard InChI is InChI=1S/C3H9NO4S/c4-8-9(6,7)3-1-2-5/h5H,1-4H2. The highest BCUT2D eigenvalue weighted by Crippen LogP contribution is 1.89. The first-order chi connectivity index (χ1) is 4.12. The molecule has 9 heavy (non-hydrogen) atoms. The van der Waals surface area contributed by atoms with Gasteiger partial charge in [-0.1, -0.05) is 0 Å². The van der Waals surface area contributed by atoms with E-state index in [4.69, 9.17) is 5.11 Å². The average Bonchev–Trinajstić information content (AvgIpc) is 1.84. The predicted molar refractivity (Wildman–Crippen MR) is 30.8 cm³/mol. The molecule has 0 radical (unpaired) electrons. The first-order valence-electron chi connectivity index (χ1n) is 2.34. The number of nitrogens with two attached hydrogens (primary N) is 1. The minimum atomic E-state index is -3.56. The highest BCUT2D eigenvalue weighted by Gasteiger charge is 2.06. The third kappa shape index (κ3) is 4.34. The molecule has 0 atom stereocenters. The Morgan fingerprint density at radius 1 is 1.56 bits per heavy atom. The molecule has 0 aromatic carbocycles. The van der Waals surface area contributed by atoms with Gasteiger partial charge in [0.15, 0.2) is 0 Å². The fourth-order valence-corrected chi connectivity index (χ4v) is 0.868. The molecule has 0 unspecified atom stereocenters. The van der Waals surface area contributed by atoms with Crippen molar-refractivity contribution in [3.63, 3.8) is 0 Å². The van der Waals surface area contributed by atoms with Gasteiger partial charge in [-0.25, -0.2) is 0 Å². The summed E-state index contributed by atoms with van der Waals surface area (Å²) in [6.07, 6.45) is 0.152. The summed E-state index contributed by atoms with van der Waals surface area (Å²) in [6.45, 7) is -0.178. The van der Waals surface area contributed by atoms with E-state index in [1.165, 1.54) is 0 Å². The van der Waals surface area contributed by atoms with Crippen molar-refractivity contribution in [3.05, 3.63) is 0 Å². The molecular weight excluding hydrogens is 146 g/mol. The van der Waals surface area contributed by atoms with Crippen molar-refractivity contribution in [3.8, 4) is 0 Å². The summed E-state index contributed by atoms with van der Waals surface area (Å²) >= 11 is 0. The zero-order chi connectivity index (χ0) is 7.33. The first kappa shape index (κ1) is 8.83. The molecule has 0 aliphatic heterocycles. The summed E-state index contributed by atoms with van der Waals surface area (Å²) in [5.41, 5.74) is 0. The molecule has 0 spiro atoms. The lowest BCUT2D eigenvalue weighted by Gasteiger charge is -1.95. The fourth-order valence-electron chi connectivity index (χ4n) is 0.289. The quantitative estimate of drug-likeness (QED) is 0.487. The minimum Gasteiger partial charge on any atom is -0.396 e. The van der Waals surface area contributed by atoms with Crippen molar-refractivity contribution in [1.82, 2.24) is 0 Å². The Morgan fingerprint density at radius 3 is 2.44 bits per heavy atom. The number of rotatable bonds is 4. The fraction of sp³-hybridized carbons (Fsp3) is 1.00. The van der Waals surface area contributed by atoms with Gasteiger partial charge in [0.2, 0.25) is 0 Å². The Bertz CT molecular complexity index is 151. The lowest BCUT2D eigenvalue weighted by atomic mass is 10.5. The maximum Gasteiger partial charge on any atom is 0.283 e. The SMILES string of the molecule is NOS(=O)(=O)CCCO. The summed E-state index contributed by atoms with van der Waals surface area (Å²) in [5.74, 6) is 4.14. The van der Waals surface area contributed by atoms with Gasteiger partial charge in [-0.3, -0.25) is 0 Å². The molecule has 0 bridgehead atoms. The van der Waals surface area contributed by atoms with Crippen molar-refractivity contribution in [2.75, 3.05) is 12.4 Å². The predicted octanol–water partition coefficient (Wildman–Crippen LogP) is -1.41. The van der Waals surface area contributed by atoms with Gasteiger partial charge >= 0.3 is 0 Å². The van der Waals surface area contributed by atoms with E-state index in [-0.39, 0.29) is 18.8 Å². The van der Waals surface area contributed by atoms with Crippen LogP contribution in [0.3, 0.4) is 0 Å². The van der Waals surface area contributed by atoms with E-state index in [1.807, 2.05) is 0 Å². The van der Waals surface area contributed by atoms with E-state index < -0.39 is 10.1 Å². The molecule has 0 saturated heterocycles. The van der Waals surface area contributed by atoms with Crippen LogP contribution in [0.5, 0.6) is 0 Å². The zero-order valence-corrected chi connectivity index (χ0v) is 5.60. The molecule has 0 aromatic heterocycles. The molecule has 0 heterocycles. The first-order valence-corrected chi connectivity index (χ1v) is 3.92. The molecular formula is C3H9NO4S. The Hall–Kier alpha value is -0.170. The van der Waals surface area contributed by atoms with Gasteiger partial charge < -0.3 is 5.11 Å².